The van der Waals surface area contributed by atoms with Crippen molar-refractivity contribution in [1.82, 2.24) is 4.72 Å². The molecule has 0 aliphatic carbocycles. The molecular weight excluding hydrogens is 300 g/mol. The summed E-state index contributed by atoms with van der Waals surface area (Å²) >= 11 is 0. The summed E-state index contributed by atoms with van der Waals surface area (Å²) in [6.45, 7) is 5.70. The van der Waals surface area contributed by atoms with Gasteiger partial charge in [0.15, 0.2) is 0 Å². The maximum atomic E-state index is 11.8. The normalized spacial score (nSPS) is 23.8. The van der Waals surface area contributed by atoms with Gasteiger partial charge in [-0.05, 0) is 18.6 Å². The summed E-state index contributed by atoms with van der Waals surface area (Å²) in [5, 5.41) is 0. The van der Waals surface area contributed by atoms with Crippen LogP contribution in [-0.2, 0) is 14.9 Å². The van der Waals surface area contributed by atoms with Crippen molar-refractivity contribution in [3.05, 3.63) is 66.8 Å². The molecule has 0 spiro atoms. The van der Waals surface area contributed by atoms with Gasteiger partial charge in [0.1, 0.15) is 5.54 Å². The number of benzene rings is 1. The molecule has 6 heteroatoms. The Hall–Kier alpha value is -2.18. The van der Waals surface area contributed by atoms with Gasteiger partial charge < -0.3 is 4.74 Å². The second kappa shape index (κ2) is 6.72. The number of nitrogens with one attached hydrogen (secondary N) is 1. The Balaban J connectivity index is 2.45. The van der Waals surface area contributed by atoms with Gasteiger partial charge >= 0.3 is 10.2 Å². The van der Waals surface area contributed by atoms with Crippen LogP contribution in [0.1, 0.15) is 12.5 Å². The van der Waals surface area contributed by atoms with Crippen LogP contribution < -0.4 is 4.72 Å². The largest absolute Gasteiger partial charge is 0.479 e. The van der Waals surface area contributed by atoms with Crippen molar-refractivity contribution < 1.29 is 13.2 Å². The van der Waals surface area contributed by atoms with Crippen LogP contribution in [0, 0.1) is 0 Å². The van der Waals surface area contributed by atoms with Gasteiger partial charge in [-0.15, -0.1) is 4.40 Å². The molecule has 5 nitrogen and oxygen atoms in total. The Morgan fingerprint density at radius 2 is 2.05 bits per heavy atom. The molecule has 22 heavy (non-hydrogen) atoms. The Labute approximate surface area is 130 Å². The zero-order valence-electron chi connectivity index (χ0n) is 12.3. The summed E-state index contributed by atoms with van der Waals surface area (Å²) in [4.78, 5) is 0. The van der Waals surface area contributed by atoms with Gasteiger partial charge in [0.25, 0.3) is 0 Å². The molecule has 0 saturated carbocycles. The van der Waals surface area contributed by atoms with Crippen LogP contribution in [-0.4, -0.2) is 26.5 Å². The van der Waals surface area contributed by atoms with E-state index in [1.165, 1.54) is 0 Å². The number of rotatable bonds is 5. The third-order valence-corrected chi connectivity index (χ3v) is 3.97. The minimum atomic E-state index is -3.78. The highest BCUT2D eigenvalue weighted by Crippen LogP contribution is 2.24. The third kappa shape index (κ3) is 3.72. The van der Waals surface area contributed by atoms with E-state index >= 15 is 0 Å². The fourth-order valence-electron chi connectivity index (χ4n) is 2.02. The van der Waals surface area contributed by atoms with Crippen LogP contribution in [0.5, 0.6) is 0 Å². The van der Waals surface area contributed by atoms with Gasteiger partial charge in [0.05, 0.1) is 6.61 Å². The van der Waals surface area contributed by atoms with Crippen LogP contribution in [0.25, 0.3) is 6.08 Å². The van der Waals surface area contributed by atoms with Crippen molar-refractivity contribution in [2.45, 2.75) is 12.5 Å². The fourth-order valence-corrected chi connectivity index (χ4v) is 3.14. The predicted octanol–water partition coefficient (Wildman–Crippen LogP) is 2.46. The van der Waals surface area contributed by atoms with E-state index in [9.17, 15) is 8.42 Å². The van der Waals surface area contributed by atoms with Gasteiger partial charge in [-0.25, -0.2) is 0 Å². The first kappa shape index (κ1) is 16.2. The second-order valence-corrected chi connectivity index (χ2v) is 5.95. The van der Waals surface area contributed by atoms with Crippen molar-refractivity contribution in [2.24, 2.45) is 4.40 Å². The first-order valence-corrected chi connectivity index (χ1v) is 8.27. The first-order valence-electron chi connectivity index (χ1n) is 6.83. The Morgan fingerprint density at radius 1 is 1.32 bits per heavy atom. The van der Waals surface area contributed by atoms with Gasteiger partial charge in [0.2, 0.25) is 5.90 Å². The molecular formula is C16H18N2O3S. The molecule has 0 unspecified atom stereocenters. The minimum Gasteiger partial charge on any atom is -0.479 e. The molecule has 0 bridgehead atoms. The van der Waals surface area contributed by atoms with Gasteiger partial charge in [0, 0.05) is 0 Å². The van der Waals surface area contributed by atoms with E-state index in [2.05, 4.69) is 15.7 Å². The first-order chi connectivity index (χ1) is 10.5. The quantitative estimate of drug-likeness (QED) is 0.848. The van der Waals surface area contributed by atoms with Crippen molar-refractivity contribution >= 4 is 22.2 Å². The molecule has 0 amide bonds. The molecule has 0 radical (unpaired) electrons. The average molecular weight is 318 g/mol. The van der Waals surface area contributed by atoms with E-state index in [0.717, 1.165) is 5.56 Å². The Kier molecular flexibility index (Phi) is 4.95. The highest BCUT2D eigenvalue weighted by Gasteiger charge is 2.43. The lowest BCUT2D eigenvalue weighted by molar-refractivity contribution is 0.309. The molecule has 0 aromatic heterocycles. The minimum absolute atomic E-state index is 0.0975. The van der Waals surface area contributed by atoms with Crippen LogP contribution in [0.4, 0.5) is 0 Å². The van der Waals surface area contributed by atoms with Crippen LogP contribution in [0.2, 0.25) is 0 Å². The summed E-state index contributed by atoms with van der Waals surface area (Å²) < 4.78 is 35.2. The van der Waals surface area contributed by atoms with Crippen LogP contribution >= 0.6 is 0 Å². The molecule has 116 valence electrons. The maximum absolute atomic E-state index is 11.8. The van der Waals surface area contributed by atoms with E-state index in [-0.39, 0.29) is 5.90 Å². The van der Waals surface area contributed by atoms with Crippen molar-refractivity contribution in [3.8, 4) is 0 Å². The predicted molar refractivity (Wildman–Crippen MR) is 88.7 cm³/mol. The fraction of sp³-hybridized carbons (Fsp3) is 0.188. The number of allylic oxidation sites excluding steroid dienone is 2. The molecule has 1 aromatic carbocycles. The molecule has 1 aliphatic rings. The smallest absolute Gasteiger partial charge is 0.324 e. The number of nitrogens with zero attached hydrogens (tertiary/aromatic N) is 1. The van der Waals surface area contributed by atoms with E-state index in [0.29, 0.717) is 6.61 Å². The summed E-state index contributed by atoms with van der Waals surface area (Å²) in [7, 11) is -3.78. The number of hydrogen-bond donors (Lipinski definition) is 1. The SMILES string of the molecule is C=CC=C[C@]1(/C=C/c2ccccc2)NS(=O)(=O)N=C1OCC. The third-order valence-electron chi connectivity index (χ3n) is 2.97. The lowest BCUT2D eigenvalue weighted by atomic mass is 9.98. The van der Waals surface area contributed by atoms with Crippen molar-refractivity contribution in [2.75, 3.05) is 6.61 Å². The number of ether oxygens (including phenoxy) is 1. The zero-order valence-corrected chi connectivity index (χ0v) is 13.1. The van der Waals surface area contributed by atoms with Gasteiger partial charge in [-0.3, -0.25) is 0 Å². The van der Waals surface area contributed by atoms with E-state index < -0.39 is 15.7 Å². The highest BCUT2D eigenvalue weighted by molar-refractivity contribution is 7.88. The summed E-state index contributed by atoms with van der Waals surface area (Å²) in [6.07, 6.45) is 8.39. The molecule has 1 N–H and O–H groups in total. The van der Waals surface area contributed by atoms with Crippen molar-refractivity contribution in [3.63, 3.8) is 0 Å². The maximum Gasteiger partial charge on any atom is 0.324 e. The molecule has 2 rings (SSSR count). The molecule has 1 aliphatic heterocycles. The molecule has 0 fully saturated rings. The molecule has 0 saturated heterocycles. The Morgan fingerprint density at radius 3 is 2.68 bits per heavy atom. The van der Waals surface area contributed by atoms with E-state index in [1.54, 1.807) is 31.2 Å². The lowest BCUT2D eigenvalue weighted by Crippen LogP contribution is -2.46. The standard InChI is InChI=1S/C16H18N2O3S/c1-3-5-12-16(13-11-14-9-7-6-8-10-14)15(21-4-2)17-22(19,20)18-16/h3,5-13,18H,1,4H2,2H3/b12-5?,13-11+/t16-/m1/s1. The van der Waals surface area contributed by atoms with E-state index in [1.807, 2.05) is 36.4 Å². The number of hydrogen-bond acceptors (Lipinski definition) is 3. The molecule has 1 atom stereocenters. The van der Waals surface area contributed by atoms with E-state index in [4.69, 9.17) is 4.74 Å². The topological polar surface area (TPSA) is 67.8 Å². The van der Waals surface area contributed by atoms with Crippen LogP contribution in [0.15, 0.2) is 65.6 Å². The summed E-state index contributed by atoms with van der Waals surface area (Å²) in [5.74, 6) is 0.0975. The monoisotopic (exact) mass is 318 g/mol. The van der Waals surface area contributed by atoms with Gasteiger partial charge in [-0.2, -0.15) is 13.1 Å². The summed E-state index contributed by atoms with van der Waals surface area (Å²) in [5.41, 5.74) is -0.199. The van der Waals surface area contributed by atoms with Crippen LogP contribution in [0.3, 0.4) is 0 Å². The van der Waals surface area contributed by atoms with Gasteiger partial charge in [-0.1, -0.05) is 61.2 Å². The molecule has 1 aromatic rings. The Bertz CT molecular complexity index is 721. The highest BCUT2D eigenvalue weighted by atomic mass is 32.2. The zero-order chi connectivity index (χ0) is 16.1. The average Bonchev–Trinajstić information content (AvgIpc) is 2.75. The lowest BCUT2D eigenvalue weighted by Gasteiger charge is -2.21. The summed E-state index contributed by atoms with van der Waals surface area (Å²) in [6, 6.07) is 9.56. The molecule has 1 heterocycles. The second-order valence-electron chi connectivity index (χ2n) is 4.61. The van der Waals surface area contributed by atoms with Crippen molar-refractivity contribution in [1.29, 1.82) is 0 Å².